The molecule has 2 aliphatic carbocycles. The van der Waals surface area contributed by atoms with Crippen LogP contribution in [0, 0.1) is 28.6 Å². The van der Waals surface area contributed by atoms with Crippen molar-refractivity contribution in [3.05, 3.63) is 10.6 Å². The molecule has 0 bridgehead atoms. The fourth-order valence-electron chi connectivity index (χ4n) is 6.76. The van der Waals surface area contributed by atoms with Gasteiger partial charge >= 0.3 is 0 Å². The van der Waals surface area contributed by atoms with Gasteiger partial charge in [-0.25, -0.2) is 4.98 Å². The number of amides is 2. The lowest BCUT2D eigenvalue weighted by Crippen LogP contribution is -2.53. The number of ether oxygens (including phenoxy) is 1. The zero-order valence-corrected chi connectivity index (χ0v) is 24.2. The average molecular weight is 535 g/mol. The Balaban J connectivity index is 1.40. The first-order valence-electron chi connectivity index (χ1n) is 13.9. The first kappa shape index (κ1) is 28.5. The van der Waals surface area contributed by atoms with Crippen LogP contribution in [0.25, 0.3) is 0 Å². The molecule has 2 heterocycles. The molecule has 3 N–H and O–H groups in total. The van der Waals surface area contributed by atoms with Gasteiger partial charge in [0.15, 0.2) is 5.13 Å². The number of rotatable bonds is 7. The van der Waals surface area contributed by atoms with Crippen molar-refractivity contribution in [2.24, 2.45) is 28.6 Å². The van der Waals surface area contributed by atoms with Crippen LogP contribution in [0.4, 0.5) is 5.13 Å². The van der Waals surface area contributed by atoms with E-state index in [-0.39, 0.29) is 46.3 Å². The van der Waals surface area contributed by atoms with E-state index in [1.807, 2.05) is 6.92 Å². The number of nitrogens with one attached hydrogen (secondary N) is 2. The number of aromatic nitrogens is 1. The van der Waals surface area contributed by atoms with Gasteiger partial charge in [0.25, 0.3) is 0 Å². The molecule has 0 radical (unpaired) electrons. The summed E-state index contributed by atoms with van der Waals surface area (Å²) in [6, 6.07) is 0. The number of carbonyl (C=O) groups excluding carboxylic acids is 2. The van der Waals surface area contributed by atoms with Gasteiger partial charge in [-0.1, -0.05) is 41.5 Å². The summed E-state index contributed by atoms with van der Waals surface area (Å²) in [5.41, 5.74) is 0.871. The molecule has 2 amide bonds. The van der Waals surface area contributed by atoms with Crippen LogP contribution < -0.4 is 10.6 Å². The highest BCUT2D eigenvalue weighted by molar-refractivity contribution is 7.15. The van der Waals surface area contributed by atoms with E-state index in [4.69, 9.17) is 9.72 Å². The number of hydrogen-bond donors (Lipinski definition) is 3. The highest BCUT2D eigenvalue weighted by Gasteiger charge is 2.53. The first-order valence-corrected chi connectivity index (χ1v) is 14.7. The molecule has 0 aromatic carbocycles. The maximum absolute atomic E-state index is 13.0. The van der Waals surface area contributed by atoms with Gasteiger partial charge in [0.1, 0.15) is 0 Å². The summed E-state index contributed by atoms with van der Waals surface area (Å²) in [4.78, 5) is 33.9. The lowest BCUT2D eigenvalue weighted by molar-refractivity contribution is -0.134. The number of nitrogens with zero attached hydrogens (tertiary/aromatic N) is 2. The Labute approximate surface area is 225 Å². The van der Waals surface area contributed by atoms with Crippen molar-refractivity contribution in [1.29, 1.82) is 0 Å². The number of morpholine rings is 1. The molecule has 6 atom stereocenters. The van der Waals surface area contributed by atoms with Crippen molar-refractivity contribution >= 4 is 28.3 Å². The highest BCUT2D eigenvalue weighted by atomic mass is 32.1. The summed E-state index contributed by atoms with van der Waals surface area (Å²) in [7, 11) is 0. The Morgan fingerprint density at radius 2 is 2.00 bits per heavy atom. The molecule has 1 aromatic heterocycles. The van der Waals surface area contributed by atoms with Crippen molar-refractivity contribution in [1.82, 2.24) is 15.2 Å². The quantitative estimate of drug-likeness (QED) is 0.493. The molecular formula is C28H46N4O4S. The Bertz CT molecular complexity index is 970. The average Bonchev–Trinajstić information content (AvgIpc) is 3.19. The van der Waals surface area contributed by atoms with Crippen LogP contribution in [-0.4, -0.2) is 72.3 Å². The zero-order chi connectivity index (χ0) is 27.0. The van der Waals surface area contributed by atoms with Crippen LogP contribution in [0.15, 0.2) is 0 Å². The van der Waals surface area contributed by atoms with Crippen LogP contribution in [0.2, 0.25) is 0 Å². The van der Waals surface area contributed by atoms with Crippen molar-refractivity contribution in [2.75, 3.05) is 44.7 Å². The summed E-state index contributed by atoms with van der Waals surface area (Å²) in [6.45, 7) is 17.3. The lowest BCUT2D eigenvalue weighted by Gasteiger charge is -2.53. The third-order valence-electron chi connectivity index (χ3n) is 8.75. The van der Waals surface area contributed by atoms with E-state index in [1.165, 1.54) is 4.88 Å². The predicted molar refractivity (Wildman–Crippen MR) is 147 cm³/mol. The third-order valence-corrected chi connectivity index (χ3v) is 9.73. The van der Waals surface area contributed by atoms with Crippen LogP contribution >= 0.6 is 11.3 Å². The fraction of sp³-hybridized carbons (Fsp3) is 0.821. The number of aliphatic hydroxyl groups excluding tert-OH is 1. The molecule has 37 heavy (non-hydrogen) atoms. The van der Waals surface area contributed by atoms with Gasteiger partial charge in [-0.3, -0.25) is 14.5 Å². The second-order valence-corrected chi connectivity index (χ2v) is 14.1. The molecule has 1 aromatic rings. The monoisotopic (exact) mass is 534 g/mol. The van der Waals surface area contributed by atoms with E-state index in [0.717, 1.165) is 57.8 Å². The Kier molecular flexibility index (Phi) is 8.68. The number of carbonyl (C=O) groups is 2. The smallest absolute Gasteiger partial charge is 0.226 e. The Morgan fingerprint density at radius 1 is 1.30 bits per heavy atom. The van der Waals surface area contributed by atoms with Crippen LogP contribution in [0.1, 0.15) is 77.3 Å². The minimum atomic E-state index is -0.567. The molecule has 3 aliphatic rings. The van der Waals surface area contributed by atoms with Gasteiger partial charge < -0.3 is 20.5 Å². The molecular weight excluding hydrogens is 488 g/mol. The number of aliphatic hydroxyl groups is 1. The van der Waals surface area contributed by atoms with E-state index in [0.29, 0.717) is 18.1 Å². The van der Waals surface area contributed by atoms with Crippen LogP contribution in [0.3, 0.4) is 0 Å². The highest BCUT2D eigenvalue weighted by Crippen LogP contribution is 2.57. The SMILES string of the molecule is C[C@H](C(=O)NCCN1CCOCC1)[C@@H]1CC[C@@]2(C)Cc3sc(NC(=O)CC(C)(C)C)nc3[C@@H](C)[C@@H]2[C@H]1O. The molecule has 1 saturated carbocycles. The molecule has 2 fully saturated rings. The van der Waals surface area contributed by atoms with E-state index in [2.05, 4.69) is 50.2 Å². The number of hydrogen-bond acceptors (Lipinski definition) is 7. The second-order valence-electron chi connectivity index (χ2n) is 13.0. The van der Waals surface area contributed by atoms with Crippen molar-refractivity contribution < 1.29 is 19.4 Å². The van der Waals surface area contributed by atoms with E-state index < -0.39 is 6.10 Å². The van der Waals surface area contributed by atoms with Crippen LogP contribution in [-0.2, 0) is 20.7 Å². The summed E-state index contributed by atoms with van der Waals surface area (Å²) in [5, 5.41) is 18.4. The largest absolute Gasteiger partial charge is 0.392 e. The molecule has 4 rings (SSSR count). The van der Waals surface area contributed by atoms with Gasteiger partial charge in [0, 0.05) is 49.3 Å². The van der Waals surface area contributed by atoms with E-state index in [1.54, 1.807) is 11.3 Å². The van der Waals surface area contributed by atoms with Gasteiger partial charge in [-0.05, 0) is 41.9 Å². The zero-order valence-electron chi connectivity index (χ0n) is 23.4. The maximum Gasteiger partial charge on any atom is 0.226 e. The molecule has 0 spiro atoms. The molecule has 9 heteroatoms. The first-order chi connectivity index (χ1) is 17.4. The third kappa shape index (κ3) is 6.54. The molecule has 8 nitrogen and oxygen atoms in total. The van der Waals surface area contributed by atoms with Gasteiger partial charge in [0.2, 0.25) is 11.8 Å². The van der Waals surface area contributed by atoms with Crippen molar-refractivity contribution in [3.8, 4) is 0 Å². The second kappa shape index (κ2) is 11.3. The topological polar surface area (TPSA) is 104 Å². The van der Waals surface area contributed by atoms with Gasteiger partial charge in [0.05, 0.1) is 25.0 Å². The van der Waals surface area contributed by atoms with Gasteiger partial charge in [-0.15, -0.1) is 11.3 Å². The Hall–Kier alpha value is -1.55. The Morgan fingerprint density at radius 3 is 2.68 bits per heavy atom. The maximum atomic E-state index is 13.0. The number of anilines is 1. The number of thiazole rings is 1. The molecule has 0 unspecified atom stereocenters. The summed E-state index contributed by atoms with van der Waals surface area (Å²) >= 11 is 1.58. The lowest BCUT2D eigenvalue weighted by atomic mass is 9.53. The van der Waals surface area contributed by atoms with E-state index in [9.17, 15) is 14.7 Å². The minimum absolute atomic E-state index is 0.0107. The summed E-state index contributed by atoms with van der Waals surface area (Å²) in [5.74, 6) is -0.211. The van der Waals surface area contributed by atoms with Crippen LogP contribution in [0.5, 0.6) is 0 Å². The minimum Gasteiger partial charge on any atom is -0.392 e. The molecule has 208 valence electrons. The van der Waals surface area contributed by atoms with Gasteiger partial charge in [-0.2, -0.15) is 0 Å². The summed E-state index contributed by atoms with van der Waals surface area (Å²) < 4.78 is 5.39. The molecule has 1 aliphatic heterocycles. The normalized spacial score (nSPS) is 31.2. The predicted octanol–water partition coefficient (Wildman–Crippen LogP) is 3.66. The fourth-order valence-corrected chi connectivity index (χ4v) is 8.04. The standard InChI is InChI=1S/C28H46N4O4S/c1-17(25(35)29-9-10-32-11-13-36-14-12-32)19-7-8-28(6)15-20-23(18(2)22(28)24(19)34)31-26(37-20)30-21(33)16-27(3,4)5/h17-19,22,24,34H,7-16H2,1-6H3,(H,29,35)(H,30,31,33)/t17-,18-,19-,22+,24-,28-/m0/s1. The summed E-state index contributed by atoms with van der Waals surface area (Å²) in [6.07, 6.45) is 2.54. The van der Waals surface area contributed by atoms with E-state index >= 15 is 0 Å². The van der Waals surface area contributed by atoms with Crippen molar-refractivity contribution in [3.63, 3.8) is 0 Å². The molecule has 1 saturated heterocycles. The van der Waals surface area contributed by atoms with Crippen molar-refractivity contribution in [2.45, 2.75) is 79.2 Å². The number of fused-ring (bicyclic) bond motifs is 2.